The number of anilines is 1. The standard InChI is InChI=1S/C13H20N2O2/c1-10(17)11-5-7-15(8-6-11)13-4-2-3-12(9-16)14-13/h2-4,10-11,16-17H,5-9H2,1H3. The highest BCUT2D eigenvalue weighted by molar-refractivity contribution is 5.39. The molecule has 0 aliphatic carbocycles. The van der Waals surface area contributed by atoms with Crippen molar-refractivity contribution in [2.24, 2.45) is 5.92 Å². The average molecular weight is 236 g/mol. The Morgan fingerprint density at radius 1 is 1.41 bits per heavy atom. The van der Waals surface area contributed by atoms with Crippen molar-refractivity contribution in [2.45, 2.75) is 32.5 Å². The largest absolute Gasteiger partial charge is 0.393 e. The second kappa shape index (κ2) is 5.47. The number of pyridine rings is 1. The van der Waals surface area contributed by atoms with Gasteiger partial charge in [0.05, 0.1) is 18.4 Å². The highest BCUT2D eigenvalue weighted by Crippen LogP contribution is 2.24. The molecule has 1 fully saturated rings. The second-order valence-electron chi connectivity index (χ2n) is 4.71. The Bertz CT molecular complexity index is 360. The van der Waals surface area contributed by atoms with Crippen molar-refractivity contribution < 1.29 is 10.2 Å². The lowest BCUT2D eigenvalue weighted by Crippen LogP contribution is -2.37. The molecule has 0 aromatic carbocycles. The highest BCUT2D eigenvalue weighted by Gasteiger charge is 2.23. The number of hydrogen-bond donors (Lipinski definition) is 2. The molecule has 1 saturated heterocycles. The average Bonchev–Trinajstić information content (AvgIpc) is 2.39. The van der Waals surface area contributed by atoms with E-state index in [1.807, 2.05) is 25.1 Å². The van der Waals surface area contributed by atoms with Crippen LogP contribution in [0, 0.1) is 5.92 Å². The third-order valence-electron chi connectivity index (χ3n) is 3.50. The first-order valence-corrected chi connectivity index (χ1v) is 6.20. The summed E-state index contributed by atoms with van der Waals surface area (Å²) in [6.07, 6.45) is 1.79. The molecule has 2 N–H and O–H groups in total. The number of hydrogen-bond acceptors (Lipinski definition) is 4. The highest BCUT2D eigenvalue weighted by atomic mass is 16.3. The minimum Gasteiger partial charge on any atom is -0.393 e. The van der Waals surface area contributed by atoms with Crippen LogP contribution in [0.1, 0.15) is 25.5 Å². The lowest BCUT2D eigenvalue weighted by atomic mass is 9.92. The fourth-order valence-corrected chi connectivity index (χ4v) is 2.34. The molecule has 0 amide bonds. The first-order chi connectivity index (χ1) is 8.20. The Kier molecular flexibility index (Phi) is 3.97. The summed E-state index contributed by atoms with van der Waals surface area (Å²) in [6, 6.07) is 5.72. The molecule has 1 aliphatic rings. The van der Waals surface area contributed by atoms with Crippen LogP contribution in [0.15, 0.2) is 18.2 Å². The minimum absolute atomic E-state index is 0.0159. The van der Waals surface area contributed by atoms with Gasteiger partial charge in [0, 0.05) is 13.1 Å². The van der Waals surface area contributed by atoms with E-state index < -0.39 is 0 Å². The van der Waals surface area contributed by atoms with Crippen molar-refractivity contribution in [3.63, 3.8) is 0 Å². The van der Waals surface area contributed by atoms with Gasteiger partial charge < -0.3 is 15.1 Å². The van der Waals surface area contributed by atoms with E-state index in [9.17, 15) is 5.11 Å². The summed E-state index contributed by atoms with van der Waals surface area (Å²) >= 11 is 0. The maximum absolute atomic E-state index is 9.55. The summed E-state index contributed by atoms with van der Waals surface area (Å²) in [5.74, 6) is 1.34. The van der Waals surface area contributed by atoms with Gasteiger partial charge in [0.1, 0.15) is 5.82 Å². The molecular weight excluding hydrogens is 216 g/mol. The van der Waals surface area contributed by atoms with E-state index in [0.29, 0.717) is 11.6 Å². The van der Waals surface area contributed by atoms with Gasteiger partial charge in [-0.25, -0.2) is 4.98 Å². The van der Waals surface area contributed by atoms with Crippen molar-refractivity contribution in [1.29, 1.82) is 0 Å². The van der Waals surface area contributed by atoms with E-state index in [4.69, 9.17) is 5.11 Å². The lowest BCUT2D eigenvalue weighted by molar-refractivity contribution is 0.110. The van der Waals surface area contributed by atoms with Gasteiger partial charge in [-0.2, -0.15) is 0 Å². The Hall–Kier alpha value is -1.13. The van der Waals surface area contributed by atoms with Crippen LogP contribution in [-0.4, -0.2) is 34.4 Å². The fourth-order valence-electron chi connectivity index (χ4n) is 2.34. The molecule has 4 heteroatoms. The Balaban J connectivity index is 2.00. The molecule has 1 aromatic rings. The molecule has 1 unspecified atom stereocenters. The van der Waals surface area contributed by atoms with E-state index in [0.717, 1.165) is 31.7 Å². The van der Waals surface area contributed by atoms with Gasteiger partial charge in [-0.3, -0.25) is 0 Å². The van der Waals surface area contributed by atoms with E-state index in [1.165, 1.54) is 0 Å². The van der Waals surface area contributed by atoms with E-state index in [1.54, 1.807) is 0 Å². The molecule has 1 aliphatic heterocycles. The van der Waals surface area contributed by atoms with Crippen molar-refractivity contribution in [1.82, 2.24) is 4.98 Å². The van der Waals surface area contributed by atoms with Crippen LogP contribution in [0.2, 0.25) is 0 Å². The van der Waals surface area contributed by atoms with Crippen LogP contribution in [0.25, 0.3) is 0 Å². The number of aliphatic hydroxyl groups is 2. The molecule has 0 radical (unpaired) electrons. The summed E-state index contributed by atoms with van der Waals surface area (Å²) in [5.41, 5.74) is 0.708. The van der Waals surface area contributed by atoms with Crippen LogP contribution in [0.5, 0.6) is 0 Å². The van der Waals surface area contributed by atoms with Gasteiger partial charge in [0.15, 0.2) is 0 Å². The summed E-state index contributed by atoms with van der Waals surface area (Å²) in [6.45, 7) is 3.71. The summed E-state index contributed by atoms with van der Waals surface area (Å²) in [5, 5.41) is 18.6. The van der Waals surface area contributed by atoms with E-state index >= 15 is 0 Å². The van der Waals surface area contributed by atoms with Crippen molar-refractivity contribution >= 4 is 5.82 Å². The Morgan fingerprint density at radius 3 is 2.71 bits per heavy atom. The van der Waals surface area contributed by atoms with Gasteiger partial charge in [-0.05, 0) is 37.8 Å². The smallest absolute Gasteiger partial charge is 0.128 e. The summed E-state index contributed by atoms with van der Waals surface area (Å²) in [4.78, 5) is 6.62. The summed E-state index contributed by atoms with van der Waals surface area (Å²) < 4.78 is 0. The first kappa shape index (κ1) is 12.3. The van der Waals surface area contributed by atoms with Crippen LogP contribution in [-0.2, 0) is 6.61 Å². The predicted molar refractivity (Wildman–Crippen MR) is 66.8 cm³/mol. The van der Waals surface area contributed by atoms with Gasteiger partial charge >= 0.3 is 0 Å². The molecule has 0 saturated carbocycles. The first-order valence-electron chi connectivity index (χ1n) is 6.20. The normalized spacial score (nSPS) is 19.4. The fraction of sp³-hybridized carbons (Fsp3) is 0.615. The molecular formula is C13H20N2O2. The predicted octanol–water partition coefficient (Wildman–Crippen LogP) is 1.17. The lowest BCUT2D eigenvalue weighted by Gasteiger charge is -2.34. The van der Waals surface area contributed by atoms with Gasteiger partial charge in [0.2, 0.25) is 0 Å². The SMILES string of the molecule is CC(O)C1CCN(c2cccc(CO)n2)CC1. The topological polar surface area (TPSA) is 56.6 Å². The molecule has 1 atom stereocenters. The molecule has 1 aromatic heterocycles. The van der Waals surface area contributed by atoms with Crippen LogP contribution in [0.3, 0.4) is 0 Å². The van der Waals surface area contributed by atoms with Crippen molar-refractivity contribution in [3.8, 4) is 0 Å². The Labute approximate surface area is 102 Å². The molecule has 0 spiro atoms. The van der Waals surface area contributed by atoms with Crippen LogP contribution < -0.4 is 4.90 Å². The Morgan fingerprint density at radius 2 is 2.12 bits per heavy atom. The second-order valence-corrected chi connectivity index (χ2v) is 4.71. The van der Waals surface area contributed by atoms with Crippen LogP contribution in [0.4, 0.5) is 5.82 Å². The van der Waals surface area contributed by atoms with E-state index in [-0.39, 0.29) is 12.7 Å². The van der Waals surface area contributed by atoms with Crippen LogP contribution >= 0.6 is 0 Å². The molecule has 2 heterocycles. The number of aromatic nitrogens is 1. The zero-order valence-corrected chi connectivity index (χ0v) is 10.2. The molecule has 94 valence electrons. The molecule has 2 rings (SSSR count). The molecule has 17 heavy (non-hydrogen) atoms. The zero-order chi connectivity index (χ0) is 12.3. The van der Waals surface area contributed by atoms with Gasteiger partial charge in [0.25, 0.3) is 0 Å². The third kappa shape index (κ3) is 2.96. The van der Waals surface area contributed by atoms with E-state index in [2.05, 4.69) is 9.88 Å². The van der Waals surface area contributed by atoms with Gasteiger partial charge in [-0.15, -0.1) is 0 Å². The third-order valence-corrected chi connectivity index (χ3v) is 3.50. The number of piperidine rings is 1. The van der Waals surface area contributed by atoms with Crippen molar-refractivity contribution in [2.75, 3.05) is 18.0 Å². The zero-order valence-electron chi connectivity index (χ0n) is 10.2. The molecule has 0 bridgehead atoms. The maximum atomic E-state index is 9.55. The molecule has 4 nitrogen and oxygen atoms in total. The maximum Gasteiger partial charge on any atom is 0.128 e. The quantitative estimate of drug-likeness (QED) is 0.827. The monoisotopic (exact) mass is 236 g/mol. The number of rotatable bonds is 3. The number of aliphatic hydroxyl groups excluding tert-OH is 2. The minimum atomic E-state index is -0.214. The van der Waals surface area contributed by atoms with Crippen molar-refractivity contribution in [3.05, 3.63) is 23.9 Å². The number of nitrogens with zero attached hydrogens (tertiary/aromatic N) is 2. The summed E-state index contributed by atoms with van der Waals surface area (Å²) in [7, 11) is 0. The van der Waals surface area contributed by atoms with Gasteiger partial charge in [-0.1, -0.05) is 6.07 Å².